The van der Waals surface area contributed by atoms with Crippen molar-refractivity contribution in [3.05, 3.63) is 69.8 Å². The van der Waals surface area contributed by atoms with E-state index in [-0.39, 0.29) is 5.41 Å². The highest BCUT2D eigenvalue weighted by Gasteiger charge is 2.42. The third-order valence-corrected chi connectivity index (χ3v) is 7.89. The Hall–Kier alpha value is -2.96. The Morgan fingerprint density at radius 3 is 2.50 bits per heavy atom. The molecule has 2 aromatic rings. The summed E-state index contributed by atoms with van der Waals surface area (Å²) in [5, 5.41) is 0. The summed E-state index contributed by atoms with van der Waals surface area (Å²) in [5.41, 5.74) is 4.77. The van der Waals surface area contributed by atoms with Gasteiger partial charge in [0.05, 0.1) is 18.7 Å². The Kier molecular flexibility index (Phi) is 7.61. The van der Waals surface area contributed by atoms with Gasteiger partial charge in [-0.2, -0.15) is 13.2 Å². The van der Waals surface area contributed by atoms with E-state index < -0.39 is 30.0 Å². The molecular weight excluding hydrogens is 491 g/mol. The van der Waals surface area contributed by atoms with Crippen LogP contribution < -0.4 is 4.74 Å². The van der Waals surface area contributed by atoms with Gasteiger partial charge in [0.15, 0.2) is 0 Å². The molecule has 0 bridgehead atoms. The van der Waals surface area contributed by atoms with E-state index in [2.05, 4.69) is 39.8 Å². The smallest absolute Gasteiger partial charge is 0.416 e. The number of cyclic esters (lactones) is 1. The maximum absolute atomic E-state index is 13.5. The summed E-state index contributed by atoms with van der Waals surface area (Å²) in [6, 6.07) is 9.74. The number of methoxy groups -OCH3 is 1. The minimum absolute atomic E-state index is 0.0617. The normalized spacial score (nSPS) is 21.8. The first-order chi connectivity index (χ1) is 17.7. The van der Waals surface area contributed by atoms with Gasteiger partial charge in [-0.25, -0.2) is 4.79 Å². The average Bonchev–Trinajstić information content (AvgIpc) is 3.10. The fourth-order valence-electron chi connectivity index (χ4n) is 5.72. The highest BCUT2D eigenvalue weighted by molar-refractivity contribution is 5.77. The molecule has 0 saturated carbocycles. The quantitative estimate of drug-likeness (QED) is 0.376. The van der Waals surface area contributed by atoms with Gasteiger partial charge >= 0.3 is 12.3 Å². The molecule has 1 aliphatic heterocycles. The van der Waals surface area contributed by atoms with Crippen LogP contribution in [0.5, 0.6) is 5.75 Å². The number of benzene rings is 2. The van der Waals surface area contributed by atoms with E-state index in [1.165, 1.54) is 11.1 Å². The fraction of sp³-hybridized carbons (Fsp3) is 0.516. The number of hydrogen-bond acceptors (Lipinski definition) is 3. The van der Waals surface area contributed by atoms with Gasteiger partial charge in [0.2, 0.25) is 0 Å². The van der Waals surface area contributed by atoms with E-state index in [9.17, 15) is 18.0 Å². The van der Waals surface area contributed by atoms with E-state index in [0.717, 1.165) is 48.3 Å². The van der Waals surface area contributed by atoms with Gasteiger partial charge < -0.3 is 9.47 Å². The zero-order valence-electron chi connectivity index (χ0n) is 23.3. The SMILES string of the molecule is COc1ccc(C(C)C)cc1C1=C(CN2C(=O)O[C@H](c3cc(C)cc(C(F)(F)F)c3)[C@@H]2C)CC(C)(C)CC1. The largest absolute Gasteiger partial charge is 0.496 e. The number of allylic oxidation sites excluding steroid dienone is 1. The molecule has 0 spiro atoms. The molecule has 0 N–H and O–H groups in total. The van der Waals surface area contributed by atoms with Gasteiger partial charge in [0.25, 0.3) is 0 Å². The van der Waals surface area contributed by atoms with Crippen molar-refractivity contribution in [2.75, 3.05) is 13.7 Å². The molecule has 1 heterocycles. The number of alkyl halides is 3. The maximum Gasteiger partial charge on any atom is 0.416 e. The van der Waals surface area contributed by atoms with Crippen LogP contribution in [-0.4, -0.2) is 30.7 Å². The van der Waals surface area contributed by atoms with Crippen LogP contribution in [-0.2, 0) is 10.9 Å². The van der Waals surface area contributed by atoms with Crippen LogP contribution in [0.15, 0.2) is 42.0 Å². The Morgan fingerprint density at radius 1 is 1.16 bits per heavy atom. The molecule has 1 amide bonds. The molecule has 0 unspecified atom stereocenters. The van der Waals surface area contributed by atoms with E-state index in [1.807, 2.05) is 13.0 Å². The first kappa shape index (κ1) is 28.1. The molecule has 206 valence electrons. The lowest BCUT2D eigenvalue weighted by Gasteiger charge is -2.36. The second-order valence-corrected chi connectivity index (χ2v) is 11.8. The molecule has 1 aliphatic carbocycles. The molecule has 2 atom stereocenters. The second kappa shape index (κ2) is 10.3. The predicted octanol–water partition coefficient (Wildman–Crippen LogP) is 8.69. The van der Waals surface area contributed by atoms with Crippen molar-refractivity contribution in [2.24, 2.45) is 5.41 Å². The number of ether oxygens (including phenoxy) is 2. The van der Waals surface area contributed by atoms with Gasteiger partial charge in [-0.1, -0.05) is 45.4 Å². The van der Waals surface area contributed by atoms with Crippen LogP contribution in [0.1, 0.15) is 93.7 Å². The summed E-state index contributed by atoms with van der Waals surface area (Å²) in [7, 11) is 1.67. The number of halogens is 3. The van der Waals surface area contributed by atoms with Crippen LogP contribution in [0.25, 0.3) is 5.57 Å². The molecule has 1 fully saturated rings. The van der Waals surface area contributed by atoms with E-state index in [1.54, 1.807) is 25.0 Å². The number of hydrogen-bond donors (Lipinski definition) is 0. The van der Waals surface area contributed by atoms with Crippen LogP contribution in [0.2, 0.25) is 0 Å². The Labute approximate surface area is 223 Å². The number of carbonyl (C=O) groups is 1. The van der Waals surface area contributed by atoms with Crippen molar-refractivity contribution in [2.45, 2.75) is 85.0 Å². The van der Waals surface area contributed by atoms with Crippen molar-refractivity contribution in [3.8, 4) is 5.75 Å². The van der Waals surface area contributed by atoms with Gasteiger partial charge in [0, 0.05) is 12.1 Å². The lowest BCUT2D eigenvalue weighted by atomic mass is 9.72. The lowest BCUT2D eigenvalue weighted by Crippen LogP contribution is -2.35. The summed E-state index contributed by atoms with van der Waals surface area (Å²) >= 11 is 0. The highest BCUT2D eigenvalue weighted by Crippen LogP contribution is 2.46. The molecule has 7 heteroatoms. The van der Waals surface area contributed by atoms with Crippen LogP contribution in [0.3, 0.4) is 0 Å². The number of aryl methyl sites for hydroxylation is 1. The lowest BCUT2D eigenvalue weighted by molar-refractivity contribution is -0.137. The van der Waals surface area contributed by atoms with Crippen molar-refractivity contribution in [3.63, 3.8) is 0 Å². The predicted molar refractivity (Wildman–Crippen MR) is 143 cm³/mol. The Morgan fingerprint density at radius 2 is 1.87 bits per heavy atom. The van der Waals surface area contributed by atoms with Crippen LogP contribution >= 0.6 is 0 Å². The molecule has 4 nitrogen and oxygen atoms in total. The van der Waals surface area contributed by atoms with Crippen molar-refractivity contribution >= 4 is 11.7 Å². The third-order valence-electron chi connectivity index (χ3n) is 7.89. The zero-order valence-corrected chi connectivity index (χ0v) is 23.3. The van der Waals surface area contributed by atoms with Crippen molar-refractivity contribution < 1.29 is 27.4 Å². The van der Waals surface area contributed by atoms with Crippen molar-refractivity contribution in [1.82, 2.24) is 4.90 Å². The van der Waals surface area contributed by atoms with Gasteiger partial charge in [0.1, 0.15) is 11.9 Å². The number of carbonyl (C=O) groups excluding carboxylic acids is 1. The van der Waals surface area contributed by atoms with Crippen LogP contribution in [0.4, 0.5) is 18.0 Å². The molecule has 4 rings (SSSR count). The summed E-state index contributed by atoms with van der Waals surface area (Å²) in [6.07, 6.45) is -3.08. The summed E-state index contributed by atoms with van der Waals surface area (Å²) in [4.78, 5) is 14.8. The molecule has 1 saturated heterocycles. The highest BCUT2D eigenvalue weighted by atomic mass is 19.4. The summed E-state index contributed by atoms with van der Waals surface area (Å²) in [6.45, 7) is 12.6. The number of nitrogens with zero attached hydrogens (tertiary/aromatic N) is 1. The molecule has 2 aromatic carbocycles. The van der Waals surface area contributed by atoms with E-state index >= 15 is 0 Å². The molecule has 0 aromatic heterocycles. The monoisotopic (exact) mass is 529 g/mol. The van der Waals surface area contributed by atoms with Gasteiger partial charge in [-0.05, 0) is 91.0 Å². The van der Waals surface area contributed by atoms with Gasteiger partial charge in [-0.15, -0.1) is 0 Å². The standard InChI is InChI=1S/C31H38F3NO3/c1-18(2)21-8-9-27(37-7)26(15-21)25-10-11-30(5,6)16-23(25)17-35-20(4)28(38-29(35)36)22-12-19(3)13-24(14-22)31(32,33)34/h8-9,12-15,18,20,28H,10-11,16-17H2,1-7H3/t20-,28-/m0/s1. The molecule has 38 heavy (non-hydrogen) atoms. The van der Waals surface area contributed by atoms with E-state index in [4.69, 9.17) is 9.47 Å². The third kappa shape index (κ3) is 5.71. The second-order valence-electron chi connectivity index (χ2n) is 11.8. The first-order valence-corrected chi connectivity index (χ1v) is 13.3. The number of rotatable bonds is 6. The molecule has 2 aliphatic rings. The summed E-state index contributed by atoms with van der Waals surface area (Å²) < 4.78 is 51.9. The zero-order chi connectivity index (χ0) is 28.0. The topological polar surface area (TPSA) is 38.8 Å². The average molecular weight is 530 g/mol. The first-order valence-electron chi connectivity index (χ1n) is 13.3. The van der Waals surface area contributed by atoms with E-state index in [0.29, 0.717) is 23.6 Å². The molecule has 0 radical (unpaired) electrons. The number of amides is 1. The minimum Gasteiger partial charge on any atom is -0.496 e. The minimum atomic E-state index is -4.47. The Bertz CT molecular complexity index is 1250. The fourth-order valence-corrected chi connectivity index (χ4v) is 5.72. The molecular formula is C31H38F3NO3. The maximum atomic E-state index is 13.5. The van der Waals surface area contributed by atoms with Crippen molar-refractivity contribution in [1.29, 1.82) is 0 Å². The Balaban J connectivity index is 1.72. The summed E-state index contributed by atoms with van der Waals surface area (Å²) in [5.74, 6) is 1.16. The van der Waals surface area contributed by atoms with Crippen LogP contribution in [0, 0.1) is 12.3 Å². The van der Waals surface area contributed by atoms with Gasteiger partial charge in [-0.3, -0.25) is 4.90 Å².